The number of morpholine rings is 1. The lowest BCUT2D eigenvalue weighted by Gasteiger charge is -2.31. The van der Waals surface area contributed by atoms with Crippen LogP contribution in [0.2, 0.25) is 0 Å². The molecule has 1 atom stereocenters. The molecule has 2 aromatic rings. The quantitative estimate of drug-likeness (QED) is 0.534. The fourth-order valence-electron chi connectivity index (χ4n) is 4.69. The summed E-state index contributed by atoms with van der Waals surface area (Å²) in [5, 5.41) is 8.37. The molecule has 2 aliphatic heterocycles. The molecule has 0 N–H and O–H groups in total. The molecular weight excluding hydrogens is 464 g/mol. The van der Waals surface area contributed by atoms with Gasteiger partial charge in [0.05, 0.1) is 37.0 Å². The van der Waals surface area contributed by atoms with Crippen LogP contribution in [-0.4, -0.2) is 85.4 Å². The van der Waals surface area contributed by atoms with E-state index >= 15 is 0 Å². The van der Waals surface area contributed by atoms with Gasteiger partial charge >= 0.3 is 0 Å². The molecule has 1 saturated carbocycles. The van der Waals surface area contributed by atoms with Crippen LogP contribution in [0.5, 0.6) is 5.75 Å². The zero-order valence-electron chi connectivity index (χ0n) is 20.1. The number of benzene rings is 1. The number of para-hydroxylation sites is 1. The van der Waals surface area contributed by atoms with Crippen molar-refractivity contribution in [1.29, 1.82) is 0 Å². The van der Waals surface area contributed by atoms with Gasteiger partial charge in [-0.1, -0.05) is 24.3 Å². The molecule has 2 amide bonds. The third-order valence-corrected chi connectivity index (χ3v) is 7.74. The van der Waals surface area contributed by atoms with Crippen LogP contribution in [0.25, 0.3) is 0 Å². The highest BCUT2D eigenvalue weighted by Crippen LogP contribution is 2.38. The molecule has 35 heavy (non-hydrogen) atoms. The molecule has 2 fully saturated rings. The Morgan fingerprint density at radius 3 is 2.69 bits per heavy atom. The van der Waals surface area contributed by atoms with Gasteiger partial charge in [-0.2, -0.15) is 5.10 Å². The van der Waals surface area contributed by atoms with E-state index in [0.29, 0.717) is 26.2 Å². The number of nitrogens with zero attached hydrogens (tertiary/aromatic N) is 4. The van der Waals surface area contributed by atoms with Gasteiger partial charge in [-0.15, -0.1) is 11.3 Å². The monoisotopic (exact) mass is 496 g/mol. The second-order valence-electron chi connectivity index (χ2n) is 9.21. The van der Waals surface area contributed by atoms with Crippen molar-refractivity contribution in [1.82, 2.24) is 14.8 Å². The first kappa shape index (κ1) is 24.0. The van der Waals surface area contributed by atoms with Gasteiger partial charge in [-0.3, -0.25) is 14.5 Å². The van der Waals surface area contributed by atoms with Crippen molar-refractivity contribution in [3.05, 3.63) is 52.2 Å². The summed E-state index contributed by atoms with van der Waals surface area (Å²) in [6.07, 6.45) is 2.43. The highest BCUT2D eigenvalue weighted by molar-refractivity contribution is 7.12. The normalized spacial score (nSPS) is 20.5. The topological polar surface area (TPSA) is 74.7 Å². The number of ether oxygens (including phenoxy) is 2. The van der Waals surface area contributed by atoms with Gasteiger partial charge in [0.25, 0.3) is 5.91 Å². The summed E-state index contributed by atoms with van der Waals surface area (Å²) in [4.78, 5) is 31.9. The Hall–Kier alpha value is -2.75. The molecule has 9 heteroatoms. The molecule has 0 bridgehead atoms. The van der Waals surface area contributed by atoms with E-state index in [1.807, 2.05) is 41.8 Å². The van der Waals surface area contributed by atoms with Crippen LogP contribution in [0.1, 0.15) is 35.7 Å². The minimum Gasteiger partial charge on any atom is -0.496 e. The number of carbonyl (C=O) groups is 2. The largest absolute Gasteiger partial charge is 0.496 e. The Bertz CT molecular complexity index is 1060. The molecule has 1 aromatic carbocycles. The lowest BCUT2D eigenvalue weighted by Crippen LogP contribution is -2.47. The lowest BCUT2D eigenvalue weighted by molar-refractivity contribution is -0.142. The van der Waals surface area contributed by atoms with E-state index in [9.17, 15) is 9.59 Å². The zero-order chi connectivity index (χ0) is 24.2. The molecule has 0 unspecified atom stereocenters. The molecule has 5 rings (SSSR count). The Morgan fingerprint density at radius 1 is 1.17 bits per heavy atom. The van der Waals surface area contributed by atoms with Gasteiger partial charge < -0.3 is 14.4 Å². The van der Waals surface area contributed by atoms with Crippen molar-refractivity contribution >= 4 is 28.9 Å². The number of thiophene rings is 1. The highest BCUT2D eigenvalue weighted by atomic mass is 32.1. The number of hydrogen-bond donors (Lipinski definition) is 0. The fourth-order valence-corrected chi connectivity index (χ4v) is 5.42. The summed E-state index contributed by atoms with van der Waals surface area (Å²) >= 11 is 1.62. The van der Waals surface area contributed by atoms with E-state index in [4.69, 9.17) is 14.6 Å². The maximum atomic E-state index is 13.7. The van der Waals surface area contributed by atoms with E-state index in [0.717, 1.165) is 54.4 Å². The summed E-state index contributed by atoms with van der Waals surface area (Å²) in [5.41, 5.74) is 1.81. The molecule has 0 radical (unpaired) electrons. The van der Waals surface area contributed by atoms with Crippen LogP contribution in [0.3, 0.4) is 0 Å². The van der Waals surface area contributed by atoms with Gasteiger partial charge in [-0.25, -0.2) is 5.01 Å². The van der Waals surface area contributed by atoms with Crippen LogP contribution < -0.4 is 4.74 Å². The van der Waals surface area contributed by atoms with E-state index < -0.39 is 0 Å². The molecule has 186 valence electrons. The van der Waals surface area contributed by atoms with Crippen molar-refractivity contribution < 1.29 is 19.1 Å². The Balaban J connectivity index is 1.36. The zero-order valence-corrected chi connectivity index (χ0v) is 20.9. The summed E-state index contributed by atoms with van der Waals surface area (Å²) in [6.45, 7) is 4.46. The SMILES string of the molecule is COc1ccccc1[C@@H]1CC(c2cccs2)=NN1C(=O)CN(CCN1CCOCC1)C(=O)C1CC1. The smallest absolute Gasteiger partial charge is 0.262 e. The highest BCUT2D eigenvalue weighted by Gasteiger charge is 2.38. The predicted octanol–water partition coefficient (Wildman–Crippen LogP) is 3.01. The minimum atomic E-state index is -0.270. The van der Waals surface area contributed by atoms with Gasteiger partial charge in [-0.05, 0) is 30.4 Å². The van der Waals surface area contributed by atoms with Crippen LogP contribution in [0.4, 0.5) is 0 Å². The van der Waals surface area contributed by atoms with Gasteiger partial charge in [0.2, 0.25) is 5.91 Å². The third-order valence-electron chi connectivity index (χ3n) is 6.82. The molecule has 3 heterocycles. The predicted molar refractivity (Wildman–Crippen MR) is 135 cm³/mol. The maximum absolute atomic E-state index is 13.7. The number of hydrazone groups is 1. The van der Waals surface area contributed by atoms with E-state index in [1.165, 1.54) is 0 Å². The first-order valence-corrected chi connectivity index (χ1v) is 13.2. The average molecular weight is 497 g/mol. The first-order valence-electron chi connectivity index (χ1n) is 12.3. The number of amides is 2. The van der Waals surface area contributed by atoms with Crippen molar-refractivity contribution in [2.24, 2.45) is 11.0 Å². The Kier molecular flexibility index (Phi) is 7.46. The lowest BCUT2D eigenvalue weighted by atomic mass is 10.00. The number of methoxy groups -OCH3 is 1. The molecular formula is C26H32N4O4S. The standard InChI is InChI=1S/C26H32N4O4S/c1-33-23-6-3-2-5-20(23)22-17-21(24-7-4-16-35-24)27-30(22)25(31)18-29(26(32)19-8-9-19)11-10-28-12-14-34-15-13-28/h2-7,16,19,22H,8-15,17-18H2,1H3/t22-/m0/s1. The van der Waals surface area contributed by atoms with E-state index in [2.05, 4.69) is 4.90 Å². The molecule has 8 nitrogen and oxygen atoms in total. The average Bonchev–Trinajstić information content (AvgIpc) is 3.41. The molecule has 0 spiro atoms. The van der Waals surface area contributed by atoms with Crippen molar-refractivity contribution in [3.8, 4) is 5.75 Å². The molecule has 1 aromatic heterocycles. The summed E-state index contributed by atoms with van der Waals surface area (Å²) in [5.74, 6) is 0.711. The minimum absolute atomic E-state index is 0.0343. The summed E-state index contributed by atoms with van der Waals surface area (Å²) < 4.78 is 11.1. The van der Waals surface area contributed by atoms with Crippen LogP contribution in [-0.2, 0) is 14.3 Å². The van der Waals surface area contributed by atoms with Crippen molar-refractivity contribution in [2.45, 2.75) is 25.3 Å². The number of rotatable bonds is 9. The third kappa shape index (κ3) is 5.58. The van der Waals surface area contributed by atoms with Crippen LogP contribution in [0.15, 0.2) is 46.9 Å². The first-order chi connectivity index (χ1) is 17.1. The Morgan fingerprint density at radius 2 is 1.97 bits per heavy atom. The van der Waals surface area contributed by atoms with E-state index in [-0.39, 0.29) is 30.3 Å². The van der Waals surface area contributed by atoms with Crippen molar-refractivity contribution in [2.75, 3.05) is 53.0 Å². The van der Waals surface area contributed by atoms with E-state index in [1.54, 1.807) is 28.4 Å². The van der Waals surface area contributed by atoms with Crippen molar-refractivity contribution in [3.63, 3.8) is 0 Å². The summed E-state index contributed by atoms with van der Waals surface area (Å²) in [7, 11) is 1.64. The second-order valence-corrected chi connectivity index (χ2v) is 10.2. The fraction of sp³-hybridized carbons (Fsp3) is 0.500. The van der Waals surface area contributed by atoms with Crippen LogP contribution >= 0.6 is 11.3 Å². The van der Waals surface area contributed by atoms with Gasteiger partial charge in [0.1, 0.15) is 12.3 Å². The number of carbonyl (C=O) groups excluding carboxylic acids is 2. The maximum Gasteiger partial charge on any atom is 0.262 e. The van der Waals surface area contributed by atoms with Crippen LogP contribution in [0, 0.1) is 5.92 Å². The molecule has 1 aliphatic carbocycles. The Labute approximate surface area is 210 Å². The summed E-state index contributed by atoms with van der Waals surface area (Å²) in [6, 6.07) is 11.5. The van der Waals surface area contributed by atoms with Gasteiger partial charge in [0.15, 0.2) is 0 Å². The van der Waals surface area contributed by atoms with Gasteiger partial charge in [0, 0.05) is 44.1 Å². The molecule has 3 aliphatic rings. The number of hydrogen-bond acceptors (Lipinski definition) is 7. The second kappa shape index (κ2) is 10.9. The molecule has 1 saturated heterocycles.